The predicted octanol–water partition coefficient (Wildman–Crippen LogP) is 6.55. The third kappa shape index (κ3) is 4.32. The Hall–Kier alpha value is -4.17. The van der Waals surface area contributed by atoms with Crippen LogP contribution in [0.3, 0.4) is 0 Å². The van der Waals surface area contributed by atoms with Crippen LogP contribution in [0.4, 0.5) is 5.13 Å². The first-order valence-electron chi connectivity index (χ1n) is 13.2. The van der Waals surface area contributed by atoms with E-state index in [0.717, 1.165) is 21.6 Å². The third-order valence-corrected chi connectivity index (χ3v) is 8.51. The van der Waals surface area contributed by atoms with E-state index in [1.807, 2.05) is 49.4 Å². The van der Waals surface area contributed by atoms with Gasteiger partial charge in [-0.2, -0.15) is 0 Å². The number of aliphatic hydroxyl groups excluding tert-OH is 1. The fraction of sp³-hybridized carbons (Fsp3) is 0.281. The molecule has 0 unspecified atom stereocenters. The zero-order valence-electron chi connectivity index (χ0n) is 23.0. The maximum absolute atomic E-state index is 13.6. The first kappa shape index (κ1) is 26.1. The molecule has 0 saturated carbocycles. The third-order valence-electron chi connectivity index (χ3n) is 7.50. The summed E-state index contributed by atoms with van der Waals surface area (Å²) in [5, 5.41) is 12.0. The molecule has 204 valence electrons. The Labute approximate surface area is 236 Å². The Kier molecular flexibility index (Phi) is 6.18. The van der Waals surface area contributed by atoms with E-state index in [1.54, 1.807) is 25.3 Å². The molecule has 0 radical (unpaired) electrons. The second-order valence-electron chi connectivity index (χ2n) is 11.3. The van der Waals surface area contributed by atoms with Crippen molar-refractivity contribution in [3.05, 3.63) is 88.5 Å². The van der Waals surface area contributed by atoms with Gasteiger partial charge >= 0.3 is 5.91 Å². The second kappa shape index (κ2) is 9.48. The van der Waals surface area contributed by atoms with Crippen LogP contribution >= 0.6 is 11.3 Å². The highest BCUT2D eigenvalue weighted by Gasteiger charge is 2.48. The van der Waals surface area contributed by atoms with Gasteiger partial charge in [-0.3, -0.25) is 14.5 Å². The number of ketones is 1. The molecule has 6 rings (SSSR count). The summed E-state index contributed by atoms with van der Waals surface area (Å²) in [4.78, 5) is 33.4. The number of thiazole rings is 1. The summed E-state index contributed by atoms with van der Waals surface area (Å²) in [6, 6.07) is 17.9. The standard InChI is InChI=1S/C32H30N2O5S/c1-17-14-20-15-19(8-13-24(20)39-17)28(35)26-27(18-6-9-21(10-7-18)32(2,3)4)34(30(37)29(26)36)31-33-23-12-11-22(38-5)16-25(23)40-31/h6-13,15-17,27,35H,14H2,1-5H3/b28-26+/t17-,27+/m1/s1. The summed E-state index contributed by atoms with van der Waals surface area (Å²) >= 11 is 1.30. The highest BCUT2D eigenvalue weighted by atomic mass is 32.1. The van der Waals surface area contributed by atoms with Crippen LogP contribution in [0.1, 0.15) is 56.0 Å². The molecule has 2 aliphatic heterocycles. The number of carbonyl (C=O) groups excluding carboxylic acids is 2. The number of carbonyl (C=O) groups is 2. The van der Waals surface area contributed by atoms with E-state index >= 15 is 0 Å². The summed E-state index contributed by atoms with van der Waals surface area (Å²) < 4.78 is 12.0. The molecule has 3 aromatic carbocycles. The number of aromatic nitrogens is 1. The Morgan fingerprint density at radius 2 is 1.82 bits per heavy atom. The number of methoxy groups -OCH3 is 1. The quantitative estimate of drug-likeness (QED) is 0.175. The van der Waals surface area contributed by atoms with Gasteiger partial charge in [0.1, 0.15) is 23.4 Å². The lowest BCUT2D eigenvalue weighted by Crippen LogP contribution is -2.29. The minimum absolute atomic E-state index is 0.0389. The molecule has 1 aromatic heterocycles. The minimum Gasteiger partial charge on any atom is -0.507 e. The predicted molar refractivity (Wildman–Crippen MR) is 156 cm³/mol. The van der Waals surface area contributed by atoms with Crippen molar-refractivity contribution in [2.75, 3.05) is 12.0 Å². The SMILES string of the molecule is COc1ccc2nc(N3C(=O)C(=O)/C(=C(/O)c4ccc5c(c4)C[C@@H](C)O5)[C@@H]3c3ccc(C(C)(C)C)cc3)sc2c1. The average molecular weight is 555 g/mol. The number of amides is 1. The number of nitrogens with zero attached hydrogens (tertiary/aromatic N) is 2. The highest BCUT2D eigenvalue weighted by molar-refractivity contribution is 7.22. The van der Waals surface area contributed by atoms with Crippen molar-refractivity contribution < 1.29 is 24.2 Å². The molecular weight excluding hydrogens is 524 g/mol. The van der Waals surface area contributed by atoms with Gasteiger partial charge in [0.25, 0.3) is 5.78 Å². The van der Waals surface area contributed by atoms with E-state index in [4.69, 9.17) is 14.5 Å². The smallest absolute Gasteiger partial charge is 0.301 e. The Balaban J connectivity index is 1.52. The lowest BCUT2D eigenvalue weighted by Gasteiger charge is -2.24. The zero-order chi connectivity index (χ0) is 28.3. The molecule has 3 heterocycles. The summed E-state index contributed by atoms with van der Waals surface area (Å²) in [7, 11) is 1.59. The number of Topliss-reactive ketones (excluding diaryl/α,β-unsaturated/α-hetero) is 1. The number of ether oxygens (including phenoxy) is 2. The Bertz CT molecular complexity index is 1700. The summed E-state index contributed by atoms with van der Waals surface area (Å²) in [6.07, 6.45) is 0.745. The van der Waals surface area contributed by atoms with Crippen LogP contribution in [0.25, 0.3) is 16.0 Å². The van der Waals surface area contributed by atoms with Crippen LogP contribution in [0.2, 0.25) is 0 Å². The van der Waals surface area contributed by atoms with Crippen molar-refractivity contribution in [1.82, 2.24) is 4.98 Å². The molecule has 0 bridgehead atoms. The number of hydrogen-bond donors (Lipinski definition) is 1. The van der Waals surface area contributed by atoms with Gasteiger partial charge in [-0.05, 0) is 65.4 Å². The van der Waals surface area contributed by atoms with E-state index in [9.17, 15) is 14.7 Å². The largest absolute Gasteiger partial charge is 0.507 e. The lowest BCUT2D eigenvalue weighted by atomic mass is 9.85. The van der Waals surface area contributed by atoms with Gasteiger partial charge < -0.3 is 14.6 Å². The molecule has 4 aromatic rings. The molecule has 1 N–H and O–H groups in total. The van der Waals surface area contributed by atoms with Crippen LogP contribution < -0.4 is 14.4 Å². The van der Waals surface area contributed by atoms with Gasteiger partial charge in [-0.15, -0.1) is 0 Å². The van der Waals surface area contributed by atoms with Crippen molar-refractivity contribution in [3.8, 4) is 11.5 Å². The first-order chi connectivity index (χ1) is 19.0. The molecule has 2 atom stereocenters. The maximum Gasteiger partial charge on any atom is 0.301 e. The van der Waals surface area contributed by atoms with E-state index in [-0.39, 0.29) is 22.9 Å². The van der Waals surface area contributed by atoms with Crippen molar-refractivity contribution in [3.63, 3.8) is 0 Å². The maximum atomic E-state index is 13.6. The van der Waals surface area contributed by atoms with E-state index in [1.165, 1.54) is 16.2 Å². The van der Waals surface area contributed by atoms with Gasteiger partial charge in [-0.25, -0.2) is 4.98 Å². The molecule has 40 heavy (non-hydrogen) atoms. The van der Waals surface area contributed by atoms with Crippen molar-refractivity contribution in [1.29, 1.82) is 0 Å². The van der Waals surface area contributed by atoms with Gasteiger partial charge in [0.2, 0.25) is 0 Å². The topological polar surface area (TPSA) is 89.0 Å². The molecule has 8 heteroatoms. The minimum atomic E-state index is -0.847. The van der Waals surface area contributed by atoms with Crippen LogP contribution in [0, 0.1) is 0 Å². The average Bonchev–Trinajstić information content (AvgIpc) is 3.59. The Morgan fingerprint density at radius 1 is 1.07 bits per heavy atom. The molecule has 7 nitrogen and oxygen atoms in total. The fourth-order valence-corrected chi connectivity index (χ4v) is 6.38. The lowest BCUT2D eigenvalue weighted by molar-refractivity contribution is -0.132. The fourth-order valence-electron chi connectivity index (χ4n) is 5.36. The molecular formula is C32H30N2O5S. The van der Waals surface area contributed by atoms with Crippen LogP contribution in [-0.4, -0.2) is 35.0 Å². The molecule has 2 aliphatic rings. The van der Waals surface area contributed by atoms with Crippen LogP contribution in [0.5, 0.6) is 11.5 Å². The van der Waals surface area contributed by atoms with Crippen molar-refractivity contribution >= 4 is 44.1 Å². The molecule has 1 amide bonds. The van der Waals surface area contributed by atoms with Crippen LogP contribution in [0.15, 0.2) is 66.2 Å². The number of rotatable bonds is 4. The molecule has 1 saturated heterocycles. The number of aliphatic hydroxyl groups is 1. The Morgan fingerprint density at radius 3 is 2.52 bits per heavy atom. The normalized spacial score (nSPS) is 20.2. The molecule has 0 spiro atoms. The van der Waals surface area contributed by atoms with Gasteiger partial charge in [0.15, 0.2) is 5.13 Å². The first-order valence-corrected chi connectivity index (χ1v) is 14.0. The van der Waals surface area contributed by atoms with Gasteiger partial charge in [0.05, 0.1) is 28.9 Å². The molecule has 1 fully saturated rings. The summed E-state index contributed by atoms with van der Waals surface area (Å²) in [5.41, 5.74) is 3.92. The summed E-state index contributed by atoms with van der Waals surface area (Å²) in [6.45, 7) is 8.37. The van der Waals surface area contributed by atoms with E-state index in [2.05, 4.69) is 20.8 Å². The zero-order valence-corrected chi connectivity index (χ0v) is 23.8. The number of benzene rings is 3. The number of anilines is 1. The van der Waals surface area contributed by atoms with Gasteiger partial charge in [0, 0.05) is 12.0 Å². The van der Waals surface area contributed by atoms with Crippen molar-refractivity contribution in [2.45, 2.75) is 51.7 Å². The monoisotopic (exact) mass is 554 g/mol. The van der Waals surface area contributed by atoms with Gasteiger partial charge in [-0.1, -0.05) is 56.4 Å². The number of hydrogen-bond acceptors (Lipinski definition) is 7. The van der Waals surface area contributed by atoms with E-state index in [0.29, 0.717) is 33.9 Å². The highest BCUT2D eigenvalue weighted by Crippen LogP contribution is 2.45. The van der Waals surface area contributed by atoms with Crippen LogP contribution in [-0.2, 0) is 21.4 Å². The van der Waals surface area contributed by atoms with E-state index < -0.39 is 17.7 Å². The number of fused-ring (bicyclic) bond motifs is 2. The second-order valence-corrected chi connectivity index (χ2v) is 12.3. The molecule has 0 aliphatic carbocycles. The summed E-state index contributed by atoms with van der Waals surface area (Å²) in [5.74, 6) is -0.242. The van der Waals surface area contributed by atoms with Crippen molar-refractivity contribution in [2.24, 2.45) is 0 Å².